The fourth-order valence-electron chi connectivity index (χ4n) is 2.60. The summed E-state index contributed by atoms with van der Waals surface area (Å²) in [5.41, 5.74) is -5.38. The Balaban J connectivity index is 0.00000352. The number of halogens is 6. The smallest absolute Gasteiger partial charge is 0.359 e. The third kappa shape index (κ3) is 5.96. The van der Waals surface area contributed by atoms with Crippen LogP contribution >= 0.6 is 0 Å². The molecule has 1 aromatic carbocycles. The van der Waals surface area contributed by atoms with Gasteiger partial charge in [-0.1, -0.05) is 38.1 Å². The summed E-state index contributed by atoms with van der Waals surface area (Å²) < 4.78 is 90.5. The second-order valence-electron chi connectivity index (χ2n) is 5.86. The molecule has 1 aromatic rings. The normalized spacial score (nSPS) is 12.6. The molecule has 0 aromatic heterocycles. The number of hydrogen-bond acceptors (Lipinski definition) is 3. The van der Waals surface area contributed by atoms with Gasteiger partial charge in [0, 0.05) is 25.8 Å². The van der Waals surface area contributed by atoms with Crippen molar-refractivity contribution in [2.75, 3.05) is 27.5 Å². The molecule has 0 amide bonds. The summed E-state index contributed by atoms with van der Waals surface area (Å²) in [5, 5.41) is 0. The fraction of sp³-hybridized carbons (Fsp3) is 0.579. The van der Waals surface area contributed by atoms with Gasteiger partial charge in [-0.15, -0.1) is 6.58 Å². The summed E-state index contributed by atoms with van der Waals surface area (Å²) in [6.07, 6.45) is -9.90. The van der Waals surface area contributed by atoms with E-state index < -0.39 is 30.3 Å². The number of nitrogens with zero attached hydrogens (tertiary/aromatic N) is 1. The Morgan fingerprint density at radius 2 is 1.61 bits per heavy atom. The molecule has 0 saturated carbocycles. The highest BCUT2D eigenvalue weighted by Gasteiger charge is 2.74. The molecule has 0 fully saturated rings. The minimum Gasteiger partial charge on any atom is -0.359 e. The van der Waals surface area contributed by atoms with Gasteiger partial charge < -0.3 is 9.47 Å². The molecule has 0 radical (unpaired) electrons. The number of rotatable bonds is 8. The van der Waals surface area contributed by atoms with Crippen molar-refractivity contribution >= 4 is 0 Å². The van der Waals surface area contributed by atoms with Crippen LogP contribution in [0, 0.1) is 6.92 Å². The molecule has 0 aliphatic heterocycles. The van der Waals surface area contributed by atoms with Crippen LogP contribution in [0.25, 0.3) is 0 Å². The number of hydrogen-bond donors (Lipinski definition) is 0. The Hall–Kier alpha value is -1.58. The van der Waals surface area contributed by atoms with E-state index in [-0.39, 0.29) is 17.7 Å². The molecule has 0 heterocycles. The molecule has 0 aliphatic carbocycles. The van der Waals surface area contributed by atoms with Crippen molar-refractivity contribution in [3.8, 4) is 0 Å². The van der Waals surface area contributed by atoms with Crippen LogP contribution in [-0.4, -0.2) is 44.7 Å². The number of ether oxygens (including phenoxy) is 2. The predicted molar refractivity (Wildman–Crippen MR) is 95.8 cm³/mol. The molecule has 0 aliphatic rings. The Morgan fingerprint density at radius 1 is 1.07 bits per heavy atom. The zero-order valence-corrected chi connectivity index (χ0v) is 16.7. The average molecular weight is 415 g/mol. The van der Waals surface area contributed by atoms with E-state index in [0.29, 0.717) is 6.54 Å². The first-order chi connectivity index (χ1) is 12.9. The van der Waals surface area contributed by atoms with Gasteiger partial charge in [0.25, 0.3) is 5.60 Å². The predicted octanol–water partition coefficient (Wildman–Crippen LogP) is 5.58. The SMILES string of the molecule is C=CCN(C)Cc1ccc(C)c(C(OCOC)(C(F)(F)F)C(F)(F)F)c1.CC. The Kier molecular flexibility index (Phi) is 10.2. The van der Waals surface area contributed by atoms with Crippen LogP contribution < -0.4 is 0 Å². The van der Waals surface area contributed by atoms with E-state index in [0.717, 1.165) is 13.2 Å². The van der Waals surface area contributed by atoms with E-state index in [2.05, 4.69) is 16.1 Å². The van der Waals surface area contributed by atoms with Crippen molar-refractivity contribution in [3.05, 3.63) is 47.5 Å². The van der Waals surface area contributed by atoms with Crippen molar-refractivity contribution in [3.63, 3.8) is 0 Å². The average Bonchev–Trinajstić information content (AvgIpc) is 2.57. The summed E-state index contributed by atoms with van der Waals surface area (Å²) in [5.74, 6) is 0. The summed E-state index contributed by atoms with van der Waals surface area (Å²) in [7, 11) is 2.62. The Bertz CT molecular complexity index is 599. The molecule has 0 bridgehead atoms. The van der Waals surface area contributed by atoms with E-state index in [1.807, 2.05) is 13.8 Å². The minimum absolute atomic E-state index is 0.148. The van der Waals surface area contributed by atoms with Crippen LogP contribution in [0.3, 0.4) is 0 Å². The number of methoxy groups -OCH3 is 1. The quantitative estimate of drug-likeness (QED) is 0.314. The van der Waals surface area contributed by atoms with Crippen molar-refractivity contribution in [2.24, 2.45) is 0 Å². The maximum atomic E-state index is 13.7. The molecule has 9 heteroatoms. The highest BCUT2D eigenvalue weighted by atomic mass is 19.4. The van der Waals surface area contributed by atoms with E-state index in [4.69, 9.17) is 0 Å². The van der Waals surface area contributed by atoms with Crippen molar-refractivity contribution < 1.29 is 35.8 Å². The number of alkyl halides is 6. The van der Waals surface area contributed by atoms with Crippen molar-refractivity contribution in [2.45, 2.75) is 45.3 Å². The summed E-state index contributed by atoms with van der Waals surface area (Å²) >= 11 is 0. The van der Waals surface area contributed by atoms with Gasteiger partial charge in [-0.2, -0.15) is 26.3 Å². The zero-order chi connectivity index (χ0) is 22.2. The van der Waals surface area contributed by atoms with E-state index in [1.54, 1.807) is 18.0 Å². The highest BCUT2D eigenvalue weighted by Crippen LogP contribution is 2.53. The van der Waals surface area contributed by atoms with Gasteiger partial charge in [-0.05, 0) is 25.1 Å². The molecule has 28 heavy (non-hydrogen) atoms. The number of benzene rings is 1. The van der Waals surface area contributed by atoms with Gasteiger partial charge in [-0.3, -0.25) is 4.90 Å². The first kappa shape index (κ1) is 26.4. The van der Waals surface area contributed by atoms with Crippen LogP contribution in [0.4, 0.5) is 26.3 Å². The van der Waals surface area contributed by atoms with Crippen molar-refractivity contribution in [1.29, 1.82) is 0 Å². The van der Waals surface area contributed by atoms with Gasteiger partial charge in [0.1, 0.15) is 6.79 Å². The summed E-state index contributed by atoms with van der Waals surface area (Å²) in [6, 6.07) is 3.58. The topological polar surface area (TPSA) is 21.7 Å². The van der Waals surface area contributed by atoms with Crippen LogP contribution in [-0.2, 0) is 21.6 Å². The lowest BCUT2D eigenvalue weighted by Crippen LogP contribution is -2.56. The summed E-state index contributed by atoms with van der Waals surface area (Å²) in [6.45, 7) is 8.12. The first-order valence-electron chi connectivity index (χ1n) is 8.56. The highest BCUT2D eigenvalue weighted by molar-refractivity contribution is 5.38. The lowest BCUT2D eigenvalue weighted by Gasteiger charge is -2.38. The molecule has 3 nitrogen and oxygen atoms in total. The number of likely N-dealkylation sites (N-methyl/N-ethyl adjacent to an activating group) is 1. The standard InChI is InChI=1S/C17H21F6NO2.C2H6/c1-5-8-24(3)10-13-7-6-12(2)14(9-13)15(16(18,19)20,17(21,22)23)26-11-25-4;1-2/h5-7,9H,1,8,10-11H2,2-4H3;1-2H3. The van der Waals surface area contributed by atoms with Crippen molar-refractivity contribution in [1.82, 2.24) is 4.90 Å². The van der Waals surface area contributed by atoms with E-state index >= 15 is 0 Å². The summed E-state index contributed by atoms with van der Waals surface area (Å²) in [4.78, 5) is 1.69. The minimum atomic E-state index is -5.74. The largest absolute Gasteiger partial charge is 0.430 e. The maximum Gasteiger partial charge on any atom is 0.430 e. The number of aryl methyl sites for hydroxylation is 1. The van der Waals surface area contributed by atoms with Gasteiger partial charge in [0.05, 0.1) is 0 Å². The first-order valence-corrected chi connectivity index (χ1v) is 8.56. The van der Waals surface area contributed by atoms with Crippen LogP contribution in [0.5, 0.6) is 0 Å². The monoisotopic (exact) mass is 415 g/mol. The van der Waals surface area contributed by atoms with Gasteiger partial charge >= 0.3 is 12.4 Å². The second-order valence-corrected chi connectivity index (χ2v) is 5.86. The molecular formula is C19H27F6NO2. The molecule has 0 N–H and O–H groups in total. The Labute approximate surface area is 161 Å². The van der Waals surface area contributed by atoms with E-state index in [1.165, 1.54) is 19.1 Å². The molecule has 0 atom stereocenters. The molecule has 0 saturated heterocycles. The maximum absolute atomic E-state index is 13.7. The molecule has 0 unspecified atom stereocenters. The van der Waals surface area contributed by atoms with Gasteiger partial charge in [0.2, 0.25) is 0 Å². The fourth-order valence-corrected chi connectivity index (χ4v) is 2.60. The molecule has 1 rings (SSSR count). The Morgan fingerprint density at radius 3 is 2.04 bits per heavy atom. The molecule has 0 spiro atoms. The van der Waals surface area contributed by atoms with Gasteiger partial charge in [0.15, 0.2) is 0 Å². The van der Waals surface area contributed by atoms with Crippen LogP contribution in [0.15, 0.2) is 30.9 Å². The molecule has 162 valence electrons. The van der Waals surface area contributed by atoms with E-state index in [9.17, 15) is 26.3 Å². The van der Waals surface area contributed by atoms with Crippen LogP contribution in [0.1, 0.15) is 30.5 Å². The second kappa shape index (κ2) is 10.8. The lowest BCUT2D eigenvalue weighted by atomic mass is 9.87. The lowest BCUT2D eigenvalue weighted by molar-refractivity contribution is -0.400. The third-order valence-corrected chi connectivity index (χ3v) is 3.77. The molecular weight excluding hydrogens is 388 g/mol. The van der Waals surface area contributed by atoms with Crippen LogP contribution in [0.2, 0.25) is 0 Å². The van der Waals surface area contributed by atoms with Gasteiger partial charge in [-0.25, -0.2) is 0 Å². The third-order valence-electron chi connectivity index (χ3n) is 3.77. The zero-order valence-electron chi connectivity index (χ0n) is 16.7.